The second kappa shape index (κ2) is 4.53. The van der Waals surface area contributed by atoms with Crippen LogP contribution in [0.2, 0.25) is 0 Å². The number of benzene rings is 1. The van der Waals surface area contributed by atoms with E-state index in [4.69, 9.17) is 10.3 Å². The number of fused-ring (bicyclic) bond motifs is 1. The van der Waals surface area contributed by atoms with Crippen molar-refractivity contribution in [2.45, 2.75) is 38.1 Å². The highest BCUT2D eigenvalue weighted by Crippen LogP contribution is 2.32. The van der Waals surface area contributed by atoms with Crippen molar-refractivity contribution in [2.75, 3.05) is 0 Å². The Morgan fingerprint density at radius 2 is 2.00 bits per heavy atom. The molecule has 0 fully saturated rings. The Morgan fingerprint density at radius 1 is 1.33 bits per heavy atom. The van der Waals surface area contributed by atoms with Gasteiger partial charge in [-0.25, -0.2) is 0 Å². The van der Waals surface area contributed by atoms with Crippen LogP contribution in [0.1, 0.15) is 48.1 Å². The summed E-state index contributed by atoms with van der Waals surface area (Å²) in [6, 6.07) is 8.36. The van der Waals surface area contributed by atoms with Crippen LogP contribution in [0.15, 0.2) is 28.8 Å². The minimum Gasteiger partial charge on any atom is -0.338 e. The summed E-state index contributed by atoms with van der Waals surface area (Å²) >= 11 is 0. The molecule has 1 aromatic carbocycles. The van der Waals surface area contributed by atoms with Gasteiger partial charge >= 0.3 is 0 Å². The standard InChI is InChI=1S/C14H17N3O/c1-2-12(15)14-16-13(17-18-14)11-7-9-5-3-4-6-10(9)8-11/h3-6,11-12H,2,7-8,15H2,1H3/t12-/m1/s1. The lowest BCUT2D eigenvalue weighted by Crippen LogP contribution is -2.09. The van der Waals surface area contributed by atoms with Crippen LogP contribution in [0.5, 0.6) is 0 Å². The molecule has 1 aromatic heterocycles. The second-order valence-corrected chi connectivity index (χ2v) is 4.88. The summed E-state index contributed by atoms with van der Waals surface area (Å²) in [5, 5.41) is 4.08. The lowest BCUT2D eigenvalue weighted by Gasteiger charge is -2.02. The van der Waals surface area contributed by atoms with Crippen molar-refractivity contribution in [1.82, 2.24) is 10.1 Å². The molecule has 0 saturated heterocycles. The van der Waals surface area contributed by atoms with Gasteiger partial charge in [0.25, 0.3) is 0 Å². The predicted octanol–water partition coefficient (Wildman–Crippen LogP) is 2.36. The Balaban J connectivity index is 1.80. The van der Waals surface area contributed by atoms with E-state index in [1.165, 1.54) is 11.1 Å². The first-order valence-corrected chi connectivity index (χ1v) is 6.43. The Morgan fingerprint density at radius 3 is 2.61 bits per heavy atom. The SMILES string of the molecule is CC[C@@H](N)c1nc(C2Cc3ccccc3C2)no1. The highest BCUT2D eigenvalue weighted by atomic mass is 16.5. The highest BCUT2D eigenvalue weighted by molar-refractivity contribution is 5.34. The molecule has 0 saturated carbocycles. The first kappa shape index (κ1) is 11.4. The van der Waals surface area contributed by atoms with Crippen LogP contribution < -0.4 is 5.73 Å². The van der Waals surface area contributed by atoms with E-state index in [-0.39, 0.29) is 6.04 Å². The van der Waals surface area contributed by atoms with Crippen molar-refractivity contribution < 1.29 is 4.52 Å². The van der Waals surface area contributed by atoms with Gasteiger partial charge in [-0.1, -0.05) is 36.3 Å². The summed E-state index contributed by atoms with van der Waals surface area (Å²) in [7, 11) is 0. The van der Waals surface area contributed by atoms with E-state index in [1.54, 1.807) is 0 Å². The van der Waals surface area contributed by atoms with Gasteiger partial charge < -0.3 is 10.3 Å². The van der Waals surface area contributed by atoms with E-state index >= 15 is 0 Å². The molecule has 0 radical (unpaired) electrons. The molecule has 94 valence electrons. The van der Waals surface area contributed by atoms with Gasteiger partial charge in [0.15, 0.2) is 5.82 Å². The zero-order valence-electron chi connectivity index (χ0n) is 10.5. The molecule has 0 aliphatic heterocycles. The van der Waals surface area contributed by atoms with Gasteiger partial charge in [0.1, 0.15) is 0 Å². The fourth-order valence-electron chi connectivity index (χ4n) is 2.48. The molecule has 0 bridgehead atoms. The topological polar surface area (TPSA) is 64.9 Å². The monoisotopic (exact) mass is 243 g/mol. The summed E-state index contributed by atoms with van der Waals surface area (Å²) in [5.74, 6) is 1.69. The largest absolute Gasteiger partial charge is 0.338 e. The zero-order chi connectivity index (χ0) is 12.5. The second-order valence-electron chi connectivity index (χ2n) is 4.88. The first-order chi connectivity index (χ1) is 8.78. The summed E-state index contributed by atoms with van der Waals surface area (Å²) in [6.45, 7) is 2.01. The number of nitrogens with two attached hydrogens (primary N) is 1. The third-order valence-corrected chi connectivity index (χ3v) is 3.63. The molecule has 2 aromatic rings. The Hall–Kier alpha value is -1.68. The van der Waals surface area contributed by atoms with E-state index in [0.717, 1.165) is 25.1 Å². The summed E-state index contributed by atoms with van der Waals surface area (Å²) in [6.07, 6.45) is 2.81. The van der Waals surface area contributed by atoms with Crippen molar-refractivity contribution >= 4 is 0 Å². The van der Waals surface area contributed by atoms with Crippen molar-refractivity contribution in [3.63, 3.8) is 0 Å². The van der Waals surface area contributed by atoms with E-state index in [0.29, 0.717) is 11.8 Å². The number of hydrogen-bond acceptors (Lipinski definition) is 4. The van der Waals surface area contributed by atoms with Crippen molar-refractivity contribution in [1.29, 1.82) is 0 Å². The van der Waals surface area contributed by atoms with Crippen LogP contribution >= 0.6 is 0 Å². The van der Waals surface area contributed by atoms with Gasteiger partial charge in [0.2, 0.25) is 5.89 Å². The van der Waals surface area contributed by atoms with Crippen LogP contribution in [0.25, 0.3) is 0 Å². The fourth-order valence-corrected chi connectivity index (χ4v) is 2.48. The third kappa shape index (κ3) is 1.93. The molecule has 1 aliphatic carbocycles. The molecule has 0 amide bonds. The van der Waals surface area contributed by atoms with Crippen LogP contribution in [0, 0.1) is 0 Å². The number of aromatic nitrogens is 2. The van der Waals surface area contributed by atoms with Gasteiger partial charge in [0.05, 0.1) is 6.04 Å². The molecule has 4 heteroatoms. The van der Waals surface area contributed by atoms with Gasteiger partial charge in [-0.15, -0.1) is 0 Å². The number of hydrogen-bond donors (Lipinski definition) is 1. The summed E-state index contributed by atoms with van der Waals surface area (Å²) < 4.78 is 5.24. The van der Waals surface area contributed by atoms with E-state index in [1.807, 2.05) is 6.92 Å². The molecule has 18 heavy (non-hydrogen) atoms. The molecule has 1 heterocycles. The molecule has 4 nitrogen and oxygen atoms in total. The van der Waals surface area contributed by atoms with E-state index < -0.39 is 0 Å². The predicted molar refractivity (Wildman–Crippen MR) is 68.1 cm³/mol. The number of rotatable bonds is 3. The molecule has 0 spiro atoms. The maximum atomic E-state index is 5.89. The Kier molecular flexibility index (Phi) is 2.88. The zero-order valence-corrected chi connectivity index (χ0v) is 10.5. The van der Waals surface area contributed by atoms with Gasteiger partial charge in [-0.2, -0.15) is 4.98 Å². The maximum Gasteiger partial charge on any atom is 0.243 e. The van der Waals surface area contributed by atoms with E-state index in [2.05, 4.69) is 34.4 Å². The van der Waals surface area contributed by atoms with Crippen LogP contribution in [-0.2, 0) is 12.8 Å². The average molecular weight is 243 g/mol. The minimum absolute atomic E-state index is 0.143. The van der Waals surface area contributed by atoms with Gasteiger partial charge in [0, 0.05) is 5.92 Å². The maximum absolute atomic E-state index is 5.89. The molecule has 3 rings (SSSR count). The smallest absolute Gasteiger partial charge is 0.243 e. The minimum atomic E-state index is -0.143. The fraction of sp³-hybridized carbons (Fsp3) is 0.429. The van der Waals surface area contributed by atoms with Crippen LogP contribution in [0.4, 0.5) is 0 Å². The van der Waals surface area contributed by atoms with Gasteiger partial charge in [-0.3, -0.25) is 0 Å². The first-order valence-electron chi connectivity index (χ1n) is 6.43. The van der Waals surface area contributed by atoms with Crippen molar-refractivity contribution in [3.8, 4) is 0 Å². The van der Waals surface area contributed by atoms with Crippen LogP contribution in [-0.4, -0.2) is 10.1 Å². The molecule has 1 aliphatic rings. The summed E-state index contributed by atoms with van der Waals surface area (Å²) in [5.41, 5.74) is 8.69. The summed E-state index contributed by atoms with van der Waals surface area (Å²) in [4.78, 5) is 4.44. The molecule has 2 N–H and O–H groups in total. The Labute approximate surface area is 106 Å². The molecular weight excluding hydrogens is 226 g/mol. The molecule has 1 atom stereocenters. The normalized spacial score (nSPS) is 16.8. The quantitative estimate of drug-likeness (QED) is 0.898. The molecular formula is C14H17N3O. The third-order valence-electron chi connectivity index (χ3n) is 3.63. The average Bonchev–Trinajstić information content (AvgIpc) is 3.03. The van der Waals surface area contributed by atoms with Crippen molar-refractivity contribution in [3.05, 3.63) is 47.1 Å². The van der Waals surface area contributed by atoms with Crippen molar-refractivity contribution in [2.24, 2.45) is 5.73 Å². The van der Waals surface area contributed by atoms with Gasteiger partial charge in [-0.05, 0) is 30.4 Å². The Bertz CT molecular complexity index is 524. The van der Waals surface area contributed by atoms with Crippen LogP contribution in [0.3, 0.4) is 0 Å². The van der Waals surface area contributed by atoms with E-state index in [9.17, 15) is 0 Å². The highest BCUT2D eigenvalue weighted by Gasteiger charge is 2.27. The lowest BCUT2D eigenvalue weighted by molar-refractivity contribution is 0.346. The molecule has 0 unspecified atom stereocenters. The lowest BCUT2D eigenvalue weighted by atomic mass is 10.1. The number of nitrogens with zero attached hydrogens (tertiary/aromatic N) is 2.